The third kappa shape index (κ3) is 2.19. The summed E-state index contributed by atoms with van der Waals surface area (Å²) in [6, 6.07) is 14.3. The predicted molar refractivity (Wildman–Crippen MR) is 84.0 cm³/mol. The summed E-state index contributed by atoms with van der Waals surface area (Å²) < 4.78 is 10.7. The second kappa shape index (κ2) is 5.48. The van der Waals surface area contributed by atoms with Gasteiger partial charge in [-0.15, -0.1) is 0 Å². The van der Waals surface area contributed by atoms with Crippen molar-refractivity contribution in [1.29, 1.82) is 0 Å². The van der Waals surface area contributed by atoms with Crippen LogP contribution in [0, 0.1) is 6.92 Å². The lowest BCUT2D eigenvalue weighted by atomic mass is 10.0. The molecule has 110 valence electrons. The number of esters is 1. The van der Waals surface area contributed by atoms with Crippen molar-refractivity contribution in [3.63, 3.8) is 0 Å². The molecule has 0 fully saturated rings. The van der Waals surface area contributed by atoms with E-state index in [-0.39, 0.29) is 16.8 Å². The Kier molecular flexibility index (Phi) is 3.51. The topological polar surface area (TPSA) is 56.5 Å². The highest BCUT2D eigenvalue weighted by atomic mass is 16.5. The molecule has 0 atom stereocenters. The number of para-hydroxylation sites is 1. The molecule has 4 heteroatoms. The SMILES string of the molecule is COC(=O)c1c(-c2ccccc2)oc2c(C)cccc2c1=O. The average Bonchev–Trinajstić information content (AvgIpc) is 2.55. The minimum absolute atomic E-state index is 0.0770. The van der Waals surface area contributed by atoms with Crippen LogP contribution in [0.15, 0.2) is 57.7 Å². The summed E-state index contributed by atoms with van der Waals surface area (Å²) in [5.41, 5.74) is 1.52. The van der Waals surface area contributed by atoms with Gasteiger partial charge in [-0.2, -0.15) is 0 Å². The average molecular weight is 294 g/mol. The highest BCUT2D eigenvalue weighted by Gasteiger charge is 2.23. The molecule has 0 saturated heterocycles. The minimum Gasteiger partial charge on any atom is -0.465 e. The van der Waals surface area contributed by atoms with Crippen LogP contribution >= 0.6 is 0 Å². The van der Waals surface area contributed by atoms with Crippen molar-refractivity contribution < 1.29 is 13.9 Å². The van der Waals surface area contributed by atoms with Crippen LogP contribution in [0.4, 0.5) is 0 Å². The van der Waals surface area contributed by atoms with E-state index in [1.54, 1.807) is 24.3 Å². The van der Waals surface area contributed by atoms with Crippen molar-refractivity contribution in [3.8, 4) is 11.3 Å². The molecule has 0 aliphatic heterocycles. The highest BCUT2D eigenvalue weighted by molar-refractivity contribution is 5.99. The van der Waals surface area contributed by atoms with E-state index in [4.69, 9.17) is 9.15 Å². The number of fused-ring (bicyclic) bond motifs is 1. The van der Waals surface area contributed by atoms with Crippen LogP contribution in [0.5, 0.6) is 0 Å². The molecule has 3 aromatic rings. The van der Waals surface area contributed by atoms with Crippen molar-refractivity contribution in [2.75, 3.05) is 7.11 Å². The molecule has 0 unspecified atom stereocenters. The van der Waals surface area contributed by atoms with Crippen molar-refractivity contribution in [2.24, 2.45) is 0 Å². The quantitative estimate of drug-likeness (QED) is 0.678. The van der Waals surface area contributed by atoms with Crippen LogP contribution in [0.3, 0.4) is 0 Å². The third-order valence-corrected chi connectivity index (χ3v) is 3.54. The molecule has 0 radical (unpaired) electrons. The highest BCUT2D eigenvalue weighted by Crippen LogP contribution is 2.27. The first-order chi connectivity index (χ1) is 10.6. The van der Waals surface area contributed by atoms with E-state index in [0.717, 1.165) is 5.56 Å². The van der Waals surface area contributed by atoms with Gasteiger partial charge >= 0.3 is 5.97 Å². The standard InChI is InChI=1S/C18H14O4/c1-11-7-6-10-13-15(19)14(18(20)21-2)17(22-16(11)13)12-8-4-3-5-9-12/h3-10H,1-2H3. The summed E-state index contributed by atoms with van der Waals surface area (Å²) in [6.07, 6.45) is 0. The van der Waals surface area contributed by atoms with Gasteiger partial charge in [0.1, 0.15) is 5.58 Å². The molecule has 0 amide bonds. The van der Waals surface area contributed by atoms with Gasteiger partial charge in [0, 0.05) is 5.56 Å². The van der Waals surface area contributed by atoms with Crippen LogP contribution in [0.25, 0.3) is 22.3 Å². The number of aryl methyl sites for hydroxylation is 1. The van der Waals surface area contributed by atoms with E-state index < -0.39 is 5.97 Å². The fraction of sp³-hybridized carbons (Fsp3) is 0.111. The van der Waals surface area contributed by atoms with E-state index in [1.165, 1.54) is 7.11 Å². The number of hydrogen-bond acceptors (Lipinski definition) is 4. The van der Waals surface area contributed by atoms with Crippen LogP contribution < -0.4 is 5.43 Å². The fourth-order valence-electron chi connectivity index (χ4n) is 2.44. The van der Waals surface area contributed by atoms with Gasteiger partial charge in [-0.1, -0.05) is 42.5 Å². The Balaban J connectivity index is 2.46. The largest absolute Gasteiger partial charge is 0.465 e. The Morgan fingerprint density at radius 1 is 1.05 bits per heavy atom. The minimum atomic E-state index is -0.698. The number of hydrogen-bond donors (Lipinski definition) is 0. The van der Waals surface area contributed by atoms with E-state index in [0.29, 0.717) is 16.5 Å². The zero-order chi connectivity index (χ0) is 15.7. The van der Waals surface area contributed by atoms with Gasteiger partial charge < -0.3 is 9.15 Å². The lowest BCUT2D eigenvalue weighted by Crippen LogP contribution is -2.18. The number of ether oxygens (including phenoxy) is 1. The molecular formula is C18H14O4. The number of rotatable bonds is 2. The molecular weight excluding hydrogens is 280 g/mol. The summed E-state index contributed by atoms with van der Waals surface area (Å²) in [7, 11) is 1.25. The van der Waals surface area contributed by atoms with Crippen LogP contribution in [-0.4, -0.2) is 13.1 Å². The molecule has 0 N–H and O–H groups in total. The molecule has 0 spiro atoms. The summed E-state index contributed by atoms with van der Waals surface area (Å²) in [5, 5.41) is 0.375. The zero-order valence-electron chi connectivity index (χ0n) is 12.3. The van der Waals surface area contributed by atoms with Gasteiger partial charge in [-0.25, -0.2) is 4.79 Å². The second-order valence-corrected chi connectivity index (χ2v) is 4.94. The molecule has 4 nitrogen and oxygen atoms in total. The van der Waals surface area contributed by atoms with Crippen LogP contribution in [-0.2, 0) is 4.74 Å². The molecule has 1 aromatic heterocycles. The molecule has 0 aliphatic carbocycles. The Bertz CT molecular complexity index is 908. The summed E-state index contributed by atoms with van der Waals surface area (Å²) >= 11 is 0. The zero-order valence-corrected chi connectivity index (χ0v) is 12.3. The van der Waals surface area contributed by atoms with Crippen molar-refractivity contribution in [3.05, 3.63) is 69.9 Å². The first kappa shape index (κ1) is 14.1. The molecule has 3 rings (SSSR count). The van der Waals surface area contributed by atoms with Gasteiger partial charge in [0.05, 0.1) is 12.5 Å². The molecule has 1 heterocycles. The first-order valence-electron chi connectivity index (χ1n) is 6.83. The monoisotopic (exact) mass is 294 g/mol. The lowest BCUT2D eigenvalue weighted by molar-refractivity contribution is 0.0598. The second-order valence-electron chi connectivity index (χ2n) is 4.94. The van der Waals surface area contributed by atoms with Gasteiger partial charge in [0.15, 0.2) is 11.3 Å². The van der Waals surface area contributed by atoms with E-state index in [9.17, 15) is 9.59 Å². The Labute approximate surface area is 127 Å². The number of carbonyl (C=O) groups excluding carboxylic acids is 1. The summed E-state index contributed by atoms with van der Waals surface area (Å²) in [6.45, 7) is 1.86. The number of benzene rings is 2. The van der Waals surface area contributed by atoms with Crippen molar-refractivity contribution in [1.82, 2.24) is 0 Å². The predicted octanol–water partition coefficient (Wildman–Crippen LogP) is 3.56. The van der Waals surface area contributed by atoms with Gasteiger partial charge in [0.25, 0.3) is 0 Å². The Morgan fingerprint density at radius 2 is 1.77 bits per heavy atom. The summed E-state index contributed by atoms with van der Waals surface area (Å²) in [5.74, 6) is -0.463. The van der Waals surface area contributed by atoms with Crippen LogP contribution in [0.1, 0.15) is 15.9 Å². The van der Waals surface area contributed by atoms with E-state index in [2.05, 4.69) is 0 Å². The lowest BCUT2D eigenvalue weighted by Gasteiger charge is -2.10. The molecule has 2 aromatic carbocycles. The van der Waals surface area contributed by atoms with Crippen molar-refractivity contribution in [2.45, 2.75) is 6.92 Å². The normalized spacial score (nSPS) is 10.6. The summed E-state index contributed by atoms with van der Waals surface area (Å²) in [4.78, 5) is 24.8. The smallest absolute Gasteiger partial charge is 0.345 e. The maximum atomic E-state index is 12.7. The van der Waals surface area contributed by atoms with E-state index in [1.807, 2.05) is 31.2 Å². The Morgan fingerprint density at radius 3 is 2.45 bits per heavy atom. The van der Waals surface area contributed by atoms with Gasteiger partial charge in [-0.05, 0) is 18.6 Å². The third-order valence-electron chi connectivity index (χ3n) is 3.54. The van der Waals surface area contributed by atoms with Crippen molar-refractivity contribution >= 4 is 16.9 Å². The van der Waals surface area contributed by atoms with Gasteiger partial charge in [0.2, 0.25) is 5.43 Å². The Hall–Kier alpha value is -2.88. The molecule has 0 saturated carbocycles. The number of carbonyl (C=O) groups is 1. The molecule has 0 aliphatic rings. The molecule has 0 bridgehead atoms. The van der Waals surface area contributed by atoms with E-state index >= 15 is 0 Å². The number of methoxy groups -OCH3 is 1. The first-order valence-corrected chi connectivity index (χ1v) is 6.83. The fourth-order valence-corrected chi connectivity index (χ4v) is 2.44. The maximum Gasteiger partial charge on any atom is 0.345 e. The van der Waals surface area contributed by atoms with Gasteiger partial charge in [-0.3, -0.25) is 4.79 Å². The van der Waals surface area contributed by atoms with Crippen LogP contribution in [0.2, 0.25) is 0 Å². The maximum absolute atomic E-state index is 12.7. The molecule has 22 heavy (non-hydrogen) atoms.